The number of halogens is 4. The van der Waals surface area contributed by atoms with Crippen LogP contribution < -0.4 is 5.56 Å². The van der Waals surface area contributed by atoms with E-state index in [2.05, 4.69) is 4.98 Å². The van der Waals surface area contributed by atoms with E-state index < -0.39 is 17.6 Å². The summed E-state index contributed by atoms with van der Waals surface area (Å²) < 4.78 is 53.1. The van der Waals surface area contributed by atoms with Crippen molar-refractivity contribution in [2.45, 2.75) is 63.7 Å². The third kappa shape index (κ3) is 4.37. The number of aromatic amines is 1. The maximum absolute atomic E-state index is 13.3. The van der Waals surface area contributed by atoms with E-state index in [1.807, 2.05) is 0 Å². The monoisotopic (exact) mass is 409 g/mol. The highest BCUT2D eigenvalue weighted by Gasteiger charge is 2.34. The third-order valence-corrected chi connectivity index (χ3v) is 5.93. The number of H-pyrrole nitrogens is 1. The van der Waals surface area contributed by atoms with Crippen molar-refractivity contribution in [3.63, 3.8) is 0 Å². The van der Waals surface area contributed by atoms with Gasteiger partial charge in [-0.3, -0.25) is 9.69 Å². The van der Waals surface area contributed by atoms with Crippen molar-refractivity contribution >= 4 is 0 Å². The van der Waals surface area contributed by atoms with Gasteiger partial charge in [0.25, 0.3) is 5.56 Å². The van der Waals surface area contributed by atoms with Crippen molar-refractivity contribution in [3.05, 3.63) is 62.6 Å². The number of aromatic nitrogens is 2. The molecule has 1 aromatic carbocycles. The molecule has 1 saturated carbocycles. The molecule has 2 aromatic rings. The van der Waals surface area contributed by atoms with Crippen molar-refractivity contribution in [3.8, 4) is 0 Å². The van der Waals surface area contributed by atoms with Gasteiger partial charge in [0.1, 0.15) is 11.6 Å². The van der Waals surface area contributed by atoms with Gasteiger partial charge in [0, 0.05) is 32.0 Å². The minimum atomic E-state index is -4.63. The van der Waals surface area contributed by atoms with Crippen molar-refractivity contribution in [2.24, 2.45) is 0 Å². The maximum atomic E-state index is 13.3. The average molecular weight is 409 g/mol. The van der Waals surface area contributed by atoms with Crippen LogP contribution in [0.4, 0.5) is 17.6 Å². The van der Waals surface area contributed by atoms with Gasteiger partial charge in [0.05, 0.1) is 16.8 Å². The Morgan fingerprint density at radius 2 is 1.93 bits per heavy atom. The number of hydrogen-bond acceptors (Lipinski definition) is 3. The van der Waals surface area contributed by atoms with Gasteiger partial charge in [-0.25, -0.2) is 9.37 Å². The molecule has 1 aromatic heterocycles. The van der Waals surface area contributed by atoms with Crippen LogP contribution in [-0.4, -0.2) is 21.4 Å². The zero-order valence-electron chi connectivity index (χ0n) is 16.0. The molecule has 0 unspecified atom stereocenters. The average Bonchev–Trinajstić information content (AvgIpc) is 2.69. The van der Waals surface area contributed by atoms with Gasteiger partial charge in [-0.15, -0.1) is 0 Å². The topological polar surface area (TPSA) is 49.0 Å². The molecule has 156 valence electrons. The molecule has 2 aliphatic rings. The van der Waals surface area contributed by atoms with E-state index in [9.17, 15) is 22.4 Å². The van der Waals surface area contributed by atoms with Crippen LogP contribution in [0.25, 0.3) is 0 Å². The minimum Gasteiger partial charge on any atom is -0.310 e. The Morgan fingerprint density at radius 1 is 1.17 bits per heavy atom. The standard InChI is InChI=1S/C21H23F4N3O/c22-15-7-6-14(17(10-15)21(23,24)25)11-28-9-8-18-16(12-28)20(29)27-19(26-18)13-4-2-1-3-5-13/h6-7,10,13H,1-5,8-9,11-12H2,(H,26,27,29). The molecule has 1 aliphatic carbocycles. The van der Waals surface area contributed by atoms with Crippen molar-refractivity contribution in [2.75, 3.05) is 6.54 Å². The molecule has 0 radical (unpaired) electrons. The van der Waals surface area contributed by atoms with Crippen molar-refractivity contribution < 1.29 is 17.6 Å². The zero-order chi connectivity index (χ0) is 20.6. The van der Waals surface area contributed by atoms with Gasteiger partial charge < -0.3 is 4.98 Å². The highest BCUT2D eigenvalue weighted by Crippen LogP contribution is 2.34. The number of rotatable bonds is 3. The lowest BCUT2D eigenvalue weighted by Gasteiger charge is -2.29. The molecule has 2 heterocycles. The molecule has 0 saturated heterocycles. The number of alkyl halides is 3. The van der Waals surface area contributed by atoms with Gasteiger partial charge in [0.2, 0.25) is 0 Å². The first-order valence-corrected chi connectivity index (χ1v) is 10.0. The van der Waals surface area contributed by atoms with Crippen LogP contribution >= 0.6 is 0 Å². The molecule has 1 fully saturated rings. The number of nitrogens with one attached hydrogen (secondary N) is 1. The molecular weight excluding hydrogens is 386 g/mol. The summed E-state index contributed by atoms with van der Waals surface area (Å²) in [4.78, 5) is 22.0. The first-order chi connectivity index (χ1) is 13.8. The van der Waals surface area contributed by atoms with Crippen LogP contribution in [0.15, 0.2) is 23.0 Å². The van der Waals surface area contributed by atoms with E-state index in [1.54, 1.807) is 4.90 Å². The van der Waals surface area contributed by atoms with Gasteiger partial charge in [0.15, 0.2) is 0 Å². The summed E-state index contributed by atoms with van der Waals surface area (Å²) in [6, 6.07) is 2.73. The molecule has 0 atom stereocenters. The second kappa shape index (κ2) is 7.89. The fraction of sp³-hybridized carbons (Fsp3) is 0.524. The molecule has 8 heteroatoms. The predicted octanol–water partition coefficient (Wildman–Crippen LogP) is 4.53. The summed E-state index contributed by atoms with van der Waals surface area (Å²) in [6.45, 7) is 0.734. The van der Waals surface area contributed by atoms with Crippen LogP contribution in [-0.2, 0) is 25.7 Å². The molecule has 0 bridgehead atoms. The first kappa shape index (κ1) is 20.1. The number of fused-ring (bicyclic) bond motifs is 1. The van der Waals surface area contributed by atoms with Gasteiger partial charge in [-0.1, -0.05) is 25.3 Å². The lowest BCUT2D eigenvalue weighted by molar-refractivity contribution is -0.138. The minimum absolute atomic E-state index is 0.00161. The predicted molar refractivity (Wildman–Crippen MR) is 99.9 cm³/mol. The van der Waals surface area contributed by atoms with Crippen LogP contribution in [0.5, 0.6) is 0 Å². The number of benzene rings is 1. The van der Waals surface area contributed by atoms with E-state index in [0.717, 1.165) is 43.3 Å². The second-order valence-corrected chi connectivity index (χ2v) is 7.97. The van der Waals surface area contributed by atoms with Crippen LogP contribution in [0.2, 0.25) is 0 Å². The van der Waals surface area contributed by atoms with Gasteiger partial charge in [-0.2, -0.15) is 13.2 Å². The number of nitrogens with zero attached hydrogens (tertiary/aromatic N) is 2. The number of hydrogen-bond donors (Lipinski definition) is 1. The van der Waals surface area contributed by atoms with Crippen LogP contribution in [0, 0.1) is 5.82 Å². The molecule has 0 spiro atoms. The summed E-state index contributed by atoms with van der Waals surface area (Å²) >= 11 is 0. The largest absolute Gasteiger partial charge is 0.416 e. The molecule has 1 N–H and O–H groups in total. The fourth-order valence-corrected chi connectivity index (χ4v) is 4.40. The second-order valence-electron chi connectivity index (χ2n) is 7.97. The summed E-state index contributed by atoms with van der Waals surface area (Å²) in [5.74, 6) is 0.120. The Kier molecular flexibility index (Phi) is 5.46. The summed E-state index contributed by atoms with van der Waals surface area (Å²) in [5.41, 5.74) is 0.108. The summed E-state index contributed by atoms with van der Waals surface area (Å²) in [5, 5.41) is 0. The van der Waals surface area contributed by atoms with E-state index >= 15 is 0 Å². The first-order valence-electron chi connectivity index (χ1n) is 10.0. The highest BCUT2D eigenvalue weighted by molar-refractivity contribution is 5.31. The normalized spacial score (nSPS) is 18.6. The lowest BCUT2D eigenvalue weighted by atomic mass is 9.88. The molecule has 0 amide bonds. The maximum Gasteiger partial charge on any atom is 0.416 e. The fourth-order valence-electron chi connectivity index (χ4n) is 4.40. The SMILES string of the molecule is O=c1[nH]c(C2CCCCC2)nc2c1CN(Cc1ccc(F)cc1C(F)(F)F)CC2. The molecule has 4 nitrogen and oxygen atoms in total. The Morgan fingerprint density at radius 3 is 2.66 bits per heavy atom. The van der Waals surface area contributed by atoms with Crippen molar-refractivity contribution in [1.82, 2.24) is 14.9 Å². The van der Waals surface area contributed by atoms with E-state index in [-0.39, 0.29) is 30.1 Å². The molecule has 1 aliphatic heterocycles. The van der Waals surface area contributed by atoms with E-state index in [1.165, 1.54) is 12.5 Å². The molecular formula is C21H23F4N3O. The third-order valence-electron chi connectivity index (χ3n) is 5.93. The quantitative estimate of drug-likeness (QED) is 0.758. The van der Waals surface area contributed by atoms with Gasteiger partial charge >= 0.3 is 6.18 Å². The Hall–Kier alpha value is -2.22. The van der Waals surface area contributed by atoms with Crippen molar-refractivity contribution in [1.29, 1.82) is 0 Å². The lowest BCUT2D eigenvalue weighted by Crippen LogP contribution is -2.36. The highest BCUT2D eigenvalue weighted by atomic mass is 19.4. The summed E-state index contributed by atoms with van der Waals surface area (Å²) in [7, 11) is 0. The smallest absolute Gasteiger partial charge is 0.310 e. The van der Waals surface area contributed by atoms with E-state index in [0.29, 0.717) is 24.6 Å². The molecule has 4 rings (SSSR count). The molecule has 29 heavy (non-hydrogen) atoms. The Labute approximate surface area is 166 Å². The Balaban J connectivity index is 1.55. The van der Waals surface area contributed by atoms with E-state index in [4.69, 9.17) is 4.98 Å². The van der Waals surface area contributed by atoms with Gasteiger partial charge in [-0.05, 0) is 30.5 Å². The Bertz CT molecular complexity index is 948. The summed E-state index contributed by atoms with van der Waals surface area (Å²) in [6.07, 6.45) is 1.43. The van der Waals surface area contributed by atoms with Crippen LogP contribution in [0.1, 0.15) is 66.2 Å². The van der Waals surface area contributed by atoms with Crippen LogP contribution in [0.3, 0.4) is 0 Å². The zero-order valence-corrected chi connectivity index (χ0v) is 16.0.